The Bertz CT molecular complexity index is 2710. The number of nitrogens with one attached hydrogen (secondary N) is 2. The molecule has 0 amide bonds. The van der Waals surface area contributed by atoms with Crippen LogP contribution in [0.1, 0.15) is 116 Å². The first-order valence-corrected chi connectivity index (χ1v) is 21.6. The standard InChI is InChI=1S/C54H57N7O2/c1-51(2,3)34-25-32(26-35(29-34)52(4,5)6)48-42-19-15-39(55-42)31-40-16-20-43(56-40)49(33-27-36(53(7,8)9)30-37(28-33)54(10,11)12)45-22-24-47(58-45)50(46-23-21-44(48)57-46)60-59-38-13-17-41(18-14-38)61(62)63/h13-31,59-60H,1-12H3. The molecule has 0 fully saturated rings. The summed E-state index contributed by atoms with van der Waals surface area (Å²) in [5, 5.41) is 11.5. The molecule has 5 aliphatic heterocycles. The number of anilines is 1. The largest absolute Gasteiger partial charge is 0.301 e. The van der Waals surface area contributed by atoms with Gasteiger partial charge in [-0.3, -0.25) is 15.5 Å². The van der Waals surface area contributed by atoms with Crippen molar-refractivity contribution in [3.8, 4) is 0 Å². The summed E-state index contributed by atoms with van der Waals surface area (Å²) in [7, 11) is 0. The molecule has 3 aromatic carbocycles. The van der Waals surface area contributed by atoms with Crippen LogP contribution in [0.5, 0.6) is 0 Å². The summed E-state index contributed by atoms with van der Waals surface area (Å²) in [6.07, 6.45) is 18.4. The lowest BCUT2D eigenvalue weighted by Gasteiger charge is -2.27. The number of allylic oxidation sites excluding steroid dienone is 11. The molecular weight excluding hydrogens is 779 g/mol. The van der Waals surface area contributed by atoms with Gasteiger partial charge in [0.2, 0.25) is 0 Å². The van der Waals surface area contributed by atoms with Gasteiger partial charge in [-0.25, -0.2) is 20.0 Å². The Morgan fingerprint density at radius 3 is 1.44 bits per heavy atom. The summed E-state index contributed by atoms with van der Waals surface area (Å²) in [5.41, 5.74) is 22.5. The molecule has 0 atom stereocenters. The van der Waals surface area contributed by atoms with Gasteiger partial charge in [-0.1, -0.05) is 119 Å². The number of non-ortho nitro benzene ring substituents is 1. The van der Waals surface area contributed by atoms with Crippen LogP contribution in [-0.4, -0.2) is 27.8 Å². The summed E-state index contributed by atoms with van der Waals surface area (Å²) < 4.78 is 0. The number of hydrogen-bond donors (Lipinski definition) is 2. The summed E-state index contributed by atoms with van der Waals surface area (Å²) in [4.78, 5) is 32.3. The zero-order chi connectivity index (χ0) is 45.2. The normalized spacial score (nSPS) is 17.4. The molecule has 2 N–H and O–H groups in total. The molecule has 3 aromatic rings. The van der Waals surface area contributed by atoms with Crippen LogP contribution in [-0.2, 0) is 21.7 Å². The number of hydrazine groups is 1. The molecule has 0 saturated carbocycles. The lowest BCUT2D eigenvalue weighted by Crippen LogP contribution is -2.26. The average molecular weight is 836 g/mol. The Hall–Kier alpha value is -6.74. The Balaban J connectivity index is 1.38. The van der Waals surface area contributed by atoms with E-state index in [2.05, 4.69) is 155 Å². The third kappa shape index (κ3) is 8.96. The number of hydrogen-bond acceptors (Lipinski definition) is 8. The molecule has 9 heteroatoms. The summed E-state index contributed by atoms with van der Waals surface area (Å²) in [5.74, 6) is 0. The average Bonchev–Trinajstić information content (AvgIpc) is 4.04. The van der Waals surface area contributed by atoms with Crippen LogP contribution < -0.4 is 10.9 Å². The van der Waals surface area contributed by atoms with Crippen molar-refractivity contribution in [2.45, 2.75) is 105 Å². The minimum atomic E-state index is -0.406. The Morgan fingerprint density at radius 1 is 0.476 bits per heavy atom. The van der Waals surface area contributed by atoms with E-state index in [0.717, 1.165) is 56.5 Å². The fourth-order valence-electron chi connectivity index (χ4n) is 7.82. The third-order valence-electron chi connectivity index (χ3n) is 11.8. The van der Waals surface area contributed by atoms with Crippen LogP contribution in [0.2, 0.25) is 0 Å². The summed E-state index contributed by atoms with van der Waals surface area (Å²) in [6, 6.07) is 20.1. The first kappa shape index (κ1) is 42.9. The molecule has 8 rings (SSSR count). The predicted octanol–water partition coefficient (Wildman–Crippen LogP) is 12.7. The minimum Gasteiger partial charge on any atom is -0.301 e. The fraction of sp³-hybridized carbons (Fsp3) is 0.296. The van der Waals surface area contributed by atoms with Gasteiger partial charge < -0.3 is 5.43 Å². The van der Waals surface area contributed by atoms with Gasteiger partial charge in [0.25, 0.3) is 5.69 Å². The molecule has 0 aliphatic carbocycles. The van der Waals surface area contributed by atoms with Crippen molar-refractivity contribution < 1.29 is 4.92 Å². The molecule has 0 saturated heterocycles. The summed E-state index contributed by atoms with van der Waals surface area (Å²) >= 11 is 0. The number of nitro groups is 1. The van der Waals surface area contributed by atoms with Gasteiger partial charge in [0, 0.05) is 23.3 Å². The van der Waals surface area contributed by atoms with Crippen LogP contribution in [0.15, 0.2) is 164 Å². The van der Waals surface area contributed by atoms with Gasteiger partial charge in [0.05, 0.1) is 56.2 Å². The topological polar surface area (TPSA) is 117 Å². The van der Waals surface area contributed by atoms with Crippen molar-refractivity contribution in [2.24, 2.45) is 20.0 Å². The lowest BCUT2D eigenvalue weighted by molar-refractivity contribution is -0.384. The van der Waals surface area contributed by atoms with E-state index in [1.54, 1.807) is 12.1 Å². The molecule has 9 nitrogen and oxygen atoms in total. The van der Waals surface area contributed by atoms with Crippen molar-refractivity contribution in [2.75, 3.05) is 5.43 Å². The third-order valence-corrected chi connectivity index (χ3v) is 11.8. The SMILES string of the molecule is CC(C)(C)c1cc(C2=C3C=CC(=N3)C=C3C=CC(=N3)C(c3cc(C(C)(C)C)cc(C(C)(C)C)c3)=C3C=CC(=N3)C(NNc3ccc([N+](=O)[O-])cc3)=C3C=CC2=N3)cc(C(C)(C)C)c1. The smallest absolute Gasteiger partial charge is 0.269 e. The van der Waals surface area contributed by atoms with Crippen LogP contribution in [0.4, 0.5) is 11.4 Å². The minimum absolute atomic E-state index is 0.00943. The number of fused-ring (bicyclic) bond motifs is 4. The van der Waals surface area contributed by atoms with Gasteiger partial charge in [-0.2, -0.15) is 0 Å². The summed E-state index contributed by atoms with van der Waals surface area (Å²) in [6.45, 7) is 26.9. The van der Waals surface area contributed by atoms with E-state index in [9.17, 15) is 10.1 Å². The predicted molar refractivity (Wildman–Crippen MR) is 263 cm³/mol. The van der Waals surface area contributed by atoms with E-state index in [-0.39, 0.29) is 27.3 Å². The second kappa shape index (κ2) is 15.6. The molecule has 320 valence electrons. The molecule has 0 unspecified atom stereocenters. The van der Waals surface area contributed by atoms with Gasteiger partial charge in [-0.05, 0) is 122 Å². The van der Waals surface area contributed by atoms with Crippen molar-refractivity contribution >= 4 is 45.4 Å². The van der Waals surface area contributed by atoms with E-state index in [1.165, 1.54) is 34.4 Å². The van der Waals surface area contributed by atoms with E-state index in [1.807, 2.05) is 30.4 Å². The maximum atomic E-state index is 11.5. The number of nitrogens with zero attached hydrogens (tertiary/aromatic N) is 5. The maximum Gasteiger partial charge on any atom is 0.269 e. The highest BCUT2D eigenvalue weighted by atomic mass is 16.6. The maximum absolute atomic E-state index is 11.5. The molecule has 5 heterocycles. The molecule has 8 bridgehead atoms. The zero-order valence-corrected chi connectivity index (χ0v) is 38.5. The molecular formula is C54H57N7O2. The van der Waals surface area contributed by atoms with Gasteiger partial charge >= 0.3 is 0 Å². The van der Waals surface area contributed by atoms with Crippen LogP contribution in [0.3, 0.4) is 0 Å². The quantitative estimate of drug-likeness (QED) is 0.190. The van der Waals surface area contributed by atoms with Crippen molar-refractivity contribution in [1.29, 1.82) is 0 Å². The van der Waals surface area contributed by atoms with E-state index in [4.69, 9.17) is 20.0 Å². The van der Waals surface area contributed by atoms with Gasteiger partial charge in [0.15, 0.2) is 0 Å². The van der Waals surface area contributed by atoms with E-state index < -0.39 is 4.92 Å². The highest BCUT2D eigenvalue weighted by Crippen LogP contribution is 2.39. The van der Waals surface area contributed by atoms with E-state index >= 15 is 0 Å². The molecule has 63 heavy (non-hydrogen) atoms. The zero-order valence-electron chi connectivity index (χ0n) is 38.5. The highest BCUT2D eigenvalue weighted by molar-refractivity contribution is 6.34. The Morgan fingerprint density at radius 2 is 0.921 bits per heavy atom. The first-order valence-electron chi connectivity index (χ1n) is 21.6. The Kier molecular flexibility index (Phi) is 10.6. The monoisotopic (exact) mass is 835 g/mol. The second-order valence-electron chi connectivity index (χ2n) is 20.9. The van der Waals surface area contributed by atoms with Crippen LogP contribution in [0.25, 0.3) is 11.1 Å². The van der Waals surface area contributed by atoms with Gasteiger partial charge in [-0.15, -0.1) is 0 Å². The van der Waals surface area contributed by atoms with Gasteiger partial charge in [0.1, 0.15) is 5.70 Å². The number of nitro benzene ring substituents is 1. The number of aliphatic imine (C=N–C) groups is 4. The van der Waals surface area contributed by atoms with E-state index in [0.29, 0.717) is 22.8 Å². The lowest BCUT2D eigenvalue weighted by atomic mass is 9.78. The molecule has 5 aliphatic rings. The van der Waals surface area contributed by atoms with Crippen LogP contribution >= 0.6 is 0 Å². The number of benzene rings is 3. The molecule has 0 radical (unpaired) electrons. The van der Waals surface area contributed by atoms with Crippen molar-refractivity contribution in [1.82, 2.24) is 5.43 Å². The van der Waals surface area contributed by atoms with Crippen molar-refractivity contribution in [3.63, 3.8) is 0 Å². The fourth-order valence-corrected chi connectivity index (χ4v) is 7.82. The van der Waals surface area contributed by atoms with Crippen LogP contribution in [0, 0.1) is 10.1 Å². The second-order valence-corrected chi connectivity index (χ2v) is 20.9. The van der Waals surface area contributed by atoms with Crippen molar-refractivity contribution in [3.05, 3.63) is 187 Å². The molecule has 0 spiro atoms. The Labute approximate surface area is 371 Å². The molecule has 0 aromatic heterocycles. The first-order chi connectivity index (χ1) is 29.5. The highest BCUT2D eigenvalue weighted by Gasteiger charge is 2.29. The number of rotatable bonds is 6.